The van der Waals surface area contributed by atoms with Gasteiger partial charge in [-0.3, -0.25) is 4.79 Å². The maximum absolute atomic E-state index is 11.1. The molecule has 0 saturated heterocycles. The second kappa shape index (κ2) is 4.39. The molecule has 0 radical (unpaired) electrons. The number of ether oxygens (including phenoxy) is 2. The summed E-state index contributed by atoms with van der Waals surface area (Å²) >= 11 is 0. The van der Waals surface area contributed by atoms with Crippen LogP contribution in [-0.2, 0) is 19.1 Å². The summed E-state index contributed by atoms with van der Waals surface area (Å²) in [6.07, 6.45) is 2.33. The Morgan fingerprint density at radius 1 is 1.47 bits per heavy atom. The SMILES string of the molecule is CC(=O)O[C@@H]1OC=C(C(=O)O)[C@H]2CC[C@H](C)[C@@H]12. The Kier molecular flexibility index (Phi) is 3.09. The Labute approximate surface area is 99.4 Å². The summed E-state index contributed by atoms with van der Waals surface area (Å²) in [7, 11) is 0. The van der Waals surface area contributed by atoms with Crippen LogP contribution in [0.25, 0.3) is 0 Å². The number of rotatable bonds is 2. The van der Waals surface area contributed by atoms with E-state index in [1.165, 1.54) is 13.2 Å². The van der Waals surface area contributed by atoms with Gasteiger partial charge < -0.3 is 14.6 Å². The highest BCUT2D eigenvalue weighted by atomic mass is 16.7. The van der Waals surface area contributed by atoms with Crippen LogP contribution in [0.1, 0.15) is 26.7 Å². The van der Waals surface area contributed by atoms with E-state index in [1.54, 1.807) is 0 Å². The molecule has 1 N–H and O–H groups in total. The van der Waals surface area contributed by atoms with Crippen molar-refractivity contribution >= 4 is 11.9 Å². The van der Waals surface area contributed by atoms with Gasteiger partial charge in [0.2, 0.25) is 6.29 Å². The zero-order chi connectivity index (χ0) is 12.6. The van der Waals surface area contributed by atoms with Gasteiger partial charge >= 0.3 is 11.9 Å². The van der Waals surface area contributed by atoms with Gasteiger partial charge in [0.15, 0.2) is 0 Å². The van der Waals surface area contributed by atoms with Crippen LogP contribution < -0.4 is 0 Å². The fraction of sp³-hybridized carbons (Fsp3) is 0.667. The molecule has 2 aliphatic rings. The second-order valence-electron chi connectivity index (χ2n) is 4.73. The summed E-state index contributed by atoms with van der Waals surface area (Å²) < 4.78 is 10.4. The van der Waals surface area contributed by atoms with E-state index in [2.05, 4.69) is 0 Å². The van der Waals surface area contributed by atoms with E-state index in [1.807, 2.05) is 6.92 Å². The molecule has 5 heteroatoms. The first-order chi connectivity index (χ1) is 8.00. The van der Waals surface area contributed by atoms with Crippen molar-refractivity contribution in [2.75, 3.05) is 0 Å². The van der Waals surface area contributed by atoms with Crippen molar-refractivity contribution < 1.29 is 24.2 Å². The first-order valence-electron chi connectivity index (χ1n) is 5.76. The lowest BCUT2D eigenvalue weighted by atomic mass is 9.83. The molecule has 1 aliphatic carbocycles. The van der Waals surface area contributed by atoms with Crippen molar-refractivity contribution in [3.63, 3.8) is 0 Å². The molecule has 17 heavy (non-hydrogen) atoms. The molecule has 0 amide bonds. The van der Waals surface area contributed by atoms with Gasteiger partial charge in [-0.15, -0.1) is 0 Å². The van der Waals surface area contributed by atoms with Crippen LogP contribution in [0.15, 0.2) is 11.8 Å². The maximum Gasteiger partial charge on any atom is 0.334 e. The first kappa shape index (κ1) is 12.0. The largest absolute Gasteiger partial charge is 0.478 e. The maximum atomic E-state index is 11.1. The minimum Gasteiger partial charge on any atom is -0.478 e. The Morgan fingerprint density at radius 3 is 2.76 bits per heavy atom. The second-order valence-corrected chi connectivity index (χ2v) is 4.73. The van der Waals surface area contributed by atoms with Gasteiger partial charge in [0.05, 0.1) is 11.8 Å². The van der Waals surface area contributed by atoms with Crippen molar-refractivity contribution in [2.45, 2.75) is 33.0 Å². The highest BCUT2D eigenvalue weighted by molar-refractivity contribution is 5.87. The average Bonchev–Trinajstić information content (AvgIpc) is 2.60. The van der Waals surface area contributed by atoms with Gasteiger partial charge in [-0.2, -0.15) is 0 Å². The van der Waals surface area contributed by atoms with Gasteiger partial charge in [-0.25, -0.2) is 4.79 Å². The number of fused-ring (bicyclic) bond motifs is 1. The molecule has 0 aromatic rings. The van der Waals surface area contributed by atoms with Crippen LogP contribution in [0.4, 0.5) is 0 Å². The minimum atomic E-state index is -0.949. The Bertz CT molecular complexity index is 373. The lowest BCUT2D eigenvalue weighted by Gasteiger charge is -2.33. The Hall–Kier alpha value is -1.52. The molecule has 1 saturated carbocycles. The first-order valence-corrected chi connectivity index (χ1v) is 5.76. The number of aliphatic carboxylic acids is 1. The molecule has 1 aliphatic heterocycles. The highest BCUT2D eigenvalue weighted by Gasteiger charge is 2.47. The smallest absolute Gasteiger partial charge is 0.334 e. The third kappa shape index (κ3) is 2.14. The molecule has 1 heterocycles. The van der Waals surface area contributed by atoms with Gasteiger partial charge in [-0.05, 0) is 18.8 Å². The number of hydrogen-bond donors (Lipinski definition) is 1. The molecule has 1 fully saturated rings. The summed E-state index contributed by atoms with van der Waals surface area (Å²) in [5.41, 5.74) is 0.294. The van der Waals surface area contributed by atoms with Crippen LogP contribution in [0.2, 0.25) is 0 Å². The number of hydrogen-bond acceptors (Lipinski definition) is 4. The van der Waals surface area contributed by atoms with E-state index in [-0.39, 0.29) is 11.8 Å². The predicted molar refractivity (Wildman–Crippen MR) is 57.7 cm³/mol. The van der Waals surface area contributed by atoms with Gasteiger partial charge in [-0.1, -0.05) is 6.92 Å². The number of carbonyl (C=O) groups excluding carboxylic acids is 1. The number of carboxylic acid groups (broad SMARTS) is 1. The monoisotopic (exact) mass is 240 g/mol. The molecule has 0 spiro atoms. The fourth-order valence-corrected chi connectivity index (χ4v) is 2.84. The molecule has 94 valence electrons. The van der Waals surface area contributed by atoms with Crippen LogP contribution in [0.5, 0.6) is 0 Å². The van der Waals surface area contributed by atoms with Crippen molar-refractivity contribution in [1.29, 1.82) is 0 Å². The zero-order valence-corrected chi connectivity index (χ0v) is 9.88. The molecule has 0 bridgehead atoms. The third-order valence-electron chi connectivity index (χ3n) is 3.63. The molecular weight excluding hydrogens is 224 g/mol. The highest BCUT2D eigenvalue weighted by Crippen LogP contribution is 2.46. The molecular formula is C12H16O5. The van der Waals surface area contributed by atoms with Crippen molar-refractivity contribution in [3.05, 3.63) is 11.8 Å². The average molecular weight is 240 g/mol. The normalized spacial score (nSPS) is 35.5. The molecule has 0 aromatic carbocycles. The van der Waals surface area contributed by atoms with Crippen molar-refractivity contribution in [3.8, 4) is 0 Å². The molecule has 4 atom stereocenters. The number of esters is 1. The van der Waals surface area contributed by atoms with Crippen LogP contribution >= 0.6 is 0 Å². The summed E-state index contributed by atoms with van der Waals surface area (Å²) in [6.45, 7) is 3.36. The summed E-state index contributed by atoms with van der Waals surface area (Å²) in [6, 6.07) is 0. The standard InChI is InChI=1S/C12H16O5/c1-6-3-4-8-9(11(14)15)5-16-12(10(6)8)17-7(2)13/h5-6,8,10,12H,3-4H2,1-2H3,(H,14,15)/t6-,8+,10+,12-/m0/s1. The Balaban J connectivity index is 2.24. The minimum absolute atomic E-state index is 0.0463. The molecule has 2 rings (SSSR count). The number of carboxylic acids is 1. The topological polar surface area (TPSA) is 72.8 Å². The summed E-state index contributed by atoms with van der Waals surface area (Å²) in [4.78, 5) is 22.1. The van der Waals surface area contributed by atoms with E-state index in [9.17, 15) is 9.59 Å². The Morgan fingerprint density at radius 2 is 2.18 bits per heavy atom. The van der Waals surface area contributed by atoms with E-state index >= 15 is 0 Å². The third-order valence-corrected chi connectivity index (χ3v) is 3.63. The van der Waals surface area contributed by atoms with Crippen molar-refractivity contribution in [2.24, 2.45) is 17.8 Å². The van der Waals surface area contributed by atoms with Crippen molar-refractivity contribution in [1.82, 2.24) is 0 Å². The molecule has 5 nitrogen and oxygen atoms in total. The van der Waals surface area contributed by atoms with Crippen LogP contribution in [0.3, 0.4) is 0 Å². The van der Waals surface area contributed by atoms with Crippen LogP contribution in [-0.4, -0.2) is 23.3 Å². The quantitative estimate of drug-likeness (QED) is 0.741. The van der Waals surface area contributed by atoms with Crippen LogP contribution in [0, 0.1) is 17.8 Å². The van der Waals surface area contributed by atoms with E-state index in [0.29, 0.717) is 11.5 Å². The van der Waals surface area contributed by atoms with Gasteiger partial charge in [0.25, 0.3) is 0 Å². The van der Waals surface area contributed by atoms with E-state index in [0.717, 1.165) is 12.8 Å². The number of carbonyl (C=O) groups is 2. The predicted octanol–water partition coefficient (Wildman–Crippen LogP) is 1.54. The molecule has 0 unspecified atom stereocenters. The lowest BCUT2D eigenvalue weighted by Crippen LogP contribution is -2.38. The zero-order valence-electron chi connectivity index (χ0n) is 9.88. The summed E-state index contributed by atoms with van der Waals surface area (Å²) in [5, 5.41) is 9.08. The van der Waals surface area contributed by atoms with E-state index in [4.69, 9.17) is 14.6 Å². The lowest BCUT2D eigenvalue weighted by molar-refractivity contribution is -0.185. The van der Waals surface area contributed by atoms with E-state index < -0.39 is 18.2 Å². The summed E-state index contributed by atoms with van der Waals surface area (Å²) in [5.74, 6) is -1.17. The molecule has 0 aromatic heterocycles. The van der Waals surface area contributed by atoms with Gasteiger partial charge in [0, 0.05) is 18.8 Å². The fourth-order valence-electron chi connectivity index (χ4n) is 2.84. The van der Waals surface area contributed by atoms with Gasteiger partial charge in [0.1, 0.15) is 0 Å².